The number of carbonyl (C=O) groups excluding carboxylic acids is 2. The largest absolute Gasteiger partial charge is 0.415 e. The van der Waals surface area contributed by atoms with Gasteiger partial charge in [-0.1, -0.05) is 26.8 Å². The molecule has 2 amide bonds. The summed E-state index contributed by atoms with van der Waals surface area (Å²) in [6, 6.07) is 8.47. The van der Waals surface area contributed by atoms with Crippen LogP contribution in [0.15, 0.2) is 36.7 Å². The Kier molecular flexibility index (Phi) is 6.71. The molecule has 2 aliphatic rings. The minimum Gasteiger partial charge on any atom is -0.415 e. The van der Waals surface area contributed by atoms with Gasteiger partial charge in [0.15, 0.2) is 8.32 Å². The van der Waals surface area contributed by atoms with Crippen LogP contribution in [0.4, 0.5) is 5.69 Å². The van der Waals surface area contributed by atoms with Crippen molar-refractivity contribution >= 4 is 25.8 Å². The van der Waals surface area contributed by atoms with Gasteiger partial charge >= 0.3 is 0 Å². The number of likely N-dealkylation sites (tertiary alicyclic amines) is 1. The van der Waals surface area contributed by atoms with Crippen LogP contribution in [0.1, 0.15) is 51.2 Å². The molecule has 2 aliphatic heterocycles. The smallest absolute Gasteiger partial charge is 0.227 e. The number of hydrogen-bond acceptors (Lipinski definition) is 4. The van der Waals surface area contributed by atoms with E-state index >= 15 is 0 Å². The highest BCUT2D eigenvalue weighted by Gasteiger charge is 2.39. The summed E-state index contributed by atoms with van der Waals surface area (Å²) in [5.74, 6) is 0.349. The number of aryl methyl sites for hydroxylation is 1. The summed E-state index contributed by atoms with van der Waals surface area (Å²) >= 11 is 0. The Morgan fingerprint density at radius 2 is 1.79 bits per heavy atom. The van der Waals surface area contributed by atoms with Crippen LogP contribution in [-0.2, 0) is 27.0 Å². The molecule has 0 spiro atoms. The highest BCUT2D eigenvalue weighted by molar-refractivity contribution is 6.74. The highest BCUT2D eigenvalue weighted by atomic mass is 28.4. The van der Waals surface area contributed by atoms with E-state index in [9.17, 15) is 9.59 Å². The lowest BCUT2D eigenvalue weighted by atomic mass is 9.96. The molecule has 4 rings (SSSR count). The fourth-order valence-electron chi connectivity index (χ4n) is 4.47. The van der Waals surface area contributed by atoms with E-state index in [0.717, 1.165) is 35.2 Å². The Hall–Kier alpha value is -2.51. The minimum atomic E-state index is -1.87. The van der Waals surface area contributed by atoms with Crippen molar-refractivity contribution in [3.8, 4) is 11.1 Å². The number of anilines is 1. The second-order valence-corrected chi connectivity index (χ2v) is 16.0. The molecule has 0 aliphatic carbocycles. The predicted molar refractivity (Wildman–Crippen MR) is 138 cm³/mol. The Morgan fingerprint density at radius 3 is 2.53 bits per heavy atom. The molecule has 1 aromatic carbocycles. The van der Waals surface area contributed by atoms with Crippen LogP contribution in [0.5, 0.6) is 0 Å². The van der Waals surface area contributed by atoms with Gasteiger partial charge in [0.1, 0.15) is 0 Å². The van der Waals surface area contributed by atoms with Crippen LogP contribution in [0, 0.1) is 0 Å². The van der Waals surface area contributed by atoms with Crippen molar-refractivity contribution in [1.29, 1.82) is 0 Å². The number of hydrogen-bond donors (Lipinski definition) is 0. The fraction of sp³-hybridized carbons (Fsp3) is 0.519. The van der Waals surface area contributed by atoms with Gasteiger partial charge in [-0.2, -0.15) is 0 Å². The van der Waals surface area contributed by atoms with Crippen molar-refractivity contribution in [2.75, 3.05) is 18.6 Å². The topological polar surface area (TPSA) is 62.7 Å². The average Bonchev–Trinajstić information content (AvgIpc) is 3.13. The van der Waals surface area contributed by atoms with E-state index in [1.54, 1.807) is 4.90 Å². The lowest BCUT2D eigenvalue weighted by Gasteiger charge is -2.38. The van der Waals surface area contributed by atoms with Crippen LogP contribution in [0.3, 0.4) is 0 Å². The van der Waals surface area contributed by atoms with Crippen molar-refractivity contribution in [1.82, 2.24) is 9.88 Å². The average molecular weight is 480 g/mol. The molecule has 0 radical (unpaired) electrons. The second kappa shape index (κ2) is 9.27. The van der Waals surface area contributed by atoms with Gasteiger partial charge in [0, 0.05) is 50.1 Å². The number of amides is 2. The van der Waals surface area contributed by atoms with E-state index in [1.807, 2.05) is 36.5 Å². The lowest BCUT2D eigenvalue weighted by Crippen LogP contribution is -2.45. The summed E-state index contributed by atoms with van der Waals surface area (Å²) in [5.41, 5.74) is 5.30. The first-order chi connectivity index (χ1) is 16.0. The third-order valence-corrected chi connectivity index (χ3v) is 12.3. The van der Waals surface area contributed by atoms with E-state index < -0.39 is 8.32 Å². The summed E-state index contributed by atoms with van der Waals surface area (Å²) in [7, 11) is -0.0316. The number of aromatic nitrogens is 1. The number of carbonyl (C=O) groups is 2. The van der Waals surface area contributed by atoms with Crippen molar-refractivity contribution in [2.45, 2.75) is 77.2 Å². The molecule has 1 saturated heterocycles. The molecule has 0 saturated carbocycles. The van der Waals surface area contributed by atoms with Gasteiger partial charge < -0.3 is 14.2 Å². The van der Waals surface area contributed by atoms with Gasteiger partial charge in [0.25, 0.3) is 0 Å². The van der Waals surface area contributed by atoms with Crippen LogP contribution >= 0.6 is 0 Å². The normalized spacial score (nSPS) is 19.1. The van der Waals surface area contributed by atoms with E-state index in [-0.39, 0.29) is 22.9 Å². The summed E-state index contributed by atoms with van der Waals surface area (Å²) in [6.07, 6.45) is 6.45. The van der Waals surface area contributed by atoms with Crippen LogP contribution < -0.4 is 4.90 Å². The number of fused-ring (bicyclic) bond motifs is 1. The second-order valence-electron chi connectivity index (χ2n) is 11.2. The Morgan fingerprint density at radius 1 is 1.03 bits per heavy atom. The highest BCUT2D eigenvalue weighted by Crippen LogP contribution is 2.37. The molecule has 7 heteroatoms. The van der Waals surface area contributed by atoms with E-state index in [4.69, 9.17) is 4.43 Å². The molecule has 182 valence electrons. The van der Waals surface area contributed by atoms with Gasteiger partial charge in [-0.3, -0.25) is 14.6 Å². The van der Waals surface area contributed by atoms with Crippen LogP contribution in [0.25, 0.3) is 11.1 Å². The van der Waals surface area contributed by atoms with Gasteiger partial charge in [-0.05, 0) is 65.9 Å². The molecular formula is C27H37N3O3Si. The minimum absolute atomic E-state index is 0.113. The monoisotopic (exact) mass is 479 g/mol. The zero-order valence-corrected chi connectivity index (χ0v) is 22.4. The van der Waals surface area contributed by atoms with Crippen molar-refractivity contribution in [3.63, 3.8) is 0 Å². The number of benzene rings is 1. The molecule has 0 unspecified atom stereocenters. The maximum absolute atomic E-state index is 12.7. The molecule has 1 fully saturated rings. The van der Waals surface area contributed by atoms with E-state index in [1.165, 1.54) is 5.56 Å². The molecular weight excluding hydrogens is 442 g/mol. The van der Waals surface area contributed by atoms with Gasteiger partial charge in [0.2, 0.25) is 11.8 Å². The zero-order chi connectivity index (χ0) is 24.7. The van der Waals surface area contributed by atoms with Gasteiger partial charge in [0.05, 0.1) is 12.6 Å². The van der Waals surface area contributed by atoms with E-state index in [2.05, 4.69) is 51.0 Å². The third-order valence-electron chi connectivity index (χ3n) is 7.80. The molecule has 3 heterocycles. The maximum Gasteiger partial charge on any atom is 0.227 e. The van der Waals surface area contributed by atoms with Crippen LogP contribution in [0.2, 0.25) is 18.1 Å². The molecule has 2 aromatic rings. The summed E-state index contributed by atoms with van der Waals surface area (Å²) in [5, 5.41) is 0.148. The Bertz CT molecular complexity index is 1090. The van der Waals surface area contributed by atoms with Gasteiger partial charge in [-0.15, -0.1) is 0 Å². The molecule has 34 heavy (non-hydrogen) atoms. The summed E-state index contributed by atoms with van der Waals surface area (Å²) in [4.78, 5) is 32.9. The Balaban J connectivity index is 1.49. The Labute approximate surface area is 204 Å². The van der Waals surface area contributed by atoms with Crippen molar-refractivity contribution in [2.24, 2.45) is 0 Å². The summed E-state index contributed by atoms with van der Waals surface area (Å²) in [6.45, 7) is 12.4. The standard InChI is InChI=1S/C27H37N3O3Si/c1-27(2,3)34(5,6)33-18-23-9-12-26(32)30(23)17-19-13-22(16-28-15-19)20-7-10-24-21(14-20)8-11-25(31)29(24)4/h7,10,13-16,23H,8-9,11-12,17-18H2,1-6H3/t23-/m0/s1. The molecule has 0 N–H and O–H groups in total. The predicted octanol–water partition coefficient (Wildman–Crippen LogP) is 5.17. The fourth-order valence-corrected chi connectivity index (χ4v) is 5.51. The summed E-state index contributed by atoms with van der Waals surface area (Å²) < 4.78 is 6.46. The van der Waals surface area contributed by atoms with Crippen molar-refractivity contribution in [3.05, 3.63) is 47.8 Å². The molecule has 1 atom stereocenters. The lowest BCUT2D eigenvalue weighted by molar-refractivity contribution is -0.130. The number of nitrogens with zero attached hydrogens (tertiary/aromatic N) is 3. The first-order valence-electron chi connectivity index (χ1n) is 12.2. The first-order valence-corrected chi connectivity index (χ1v) is 15.1. The SMILES string of the molecule is CN1C(=O)CCc2cc(-c3cncc(CN4C(=O)CC[C@H]4CO[Si](C)(C)C(C)(C)C)c3)ccc21. The van der Waals surface area contributed by atoms with E-state index in [0.29, 0.717) is 26.0 Å². The number of rotatable bonds is 6. The quantitative estimate of drug-likeness (QED) is 0.536. The molecule has 1 aromatic heterocycles. The van der Waals surface area contributed by atoms with Gasteiger partial charge in [-0.25, -0.2) is 0 Å². The maximum atomic E-state index is 12.7. The number of pyridine rings is 1. The van der Waals surface area contributed by atoms with Crippen molar-refractivity contribution < 1.29 is 14.0 Å². The molecule has 0 bridgehead atoms. The zero-order valence-electron chi connectivity index (χ0n) is 21.4. The third kappa shape index (κ3) is 4.96. The molecule has 6 nitrogen and oxygen atoms in total. The van der Waals surface area contributed by atoms with Crippen LogP contribution in [-0.4, -0.2) is 49.7 Å². The first kappa shape index (κ1) is 24.6.